The van der Waals surface area contributed by atoms with Crippen molar-refractivity contribution in [2.45, 2.75) is 18.3 Å². The van der Waals surface area contributed by atoms with Crippen LogP contribution in [0.25, 0.3) is 0 Å². The Kier molecular flexibility index (Phi) is 5.29. The molecule has 0 aliphatic rings. The minimum atomic E-state index is -4.39. The van der Waals surface area contributed by atoms with Crippen LogP contribution >= 0.6 is 11.6 Å². The summed E-state index contributed by atoms with van der Waals surface area (Å²) in [6.45, 7) is 0. The van der Waals surface area contributed by atoms with Crippen molar-refractivity contribution in [3.8, 4) is 0 Å². The van der Waals surface area contributed by atoms with Crippen LogP contribution < -0.4 is 11.1 Å². The minimum Gasteiger partial charge on any atom is -0.322 e. The summed E-state index contributed by atoms with van der Waals surface area (Å²) in [6.07, 6.45) is -4.39. The van der Waals surface area contributed by atoms with E-state index < -0.39 is 29.6 Å². The van der Waals surface area contributed by atoms with Crippen molar-refractivity contribution in [3.05, 3.63) is 70.0 Å². The highest BCUT2D eigenvalue weighted by atomic mass is 35.5. The summed E-state index contributed by atoms with van der Waals surface area (Å²) in [5, 5.41) is 2.93. The summed E-state index contributed by atoms with van der Waals surface area (Å²) in [5.41, 5.74) is 6.46. The molecule has 0 saturated heterocycles. The molecule has 124 valence electrons. The van der Waals surface area contributed by atoms with Crippen LogP contribution in [0.3, 0.4) is 0 Å². The second-order valence-corrected chi connectivity index (χ2v) is 5.49. The average Bonchev–Trinajstić information content (AvgIpc) is 2.50. The highest BCUT2D eigenvalue weighted by molar-refractivity contribution is 6.30. The first-order valence-electron chi connectivity index (χ1n) is 6.79. The van der Waals surface area contributed by atoms with E-state index >= 15 is 0 Å². The molecule has 2 aromatic carbocycles. The first-order chi connectivity index (χ1) is 10.7. The van der Waals surface area contributed by atoms with Gasteiger partial charge >= 0.3 is 6.18 Å². The Balaban J connectivity index is 2.29. The second kappa shape index (κ2) is 6.86. The first-order valence-corrected chi connectivity index (χ1v) is 7.16. The van der Waals surface area contributed by atoms with Crippen LogP contribution in [0.1, 0.15) is 28.8 Å². The van der Waals surface area contributed by atoms with Crippen molar-refractivity contribution in [1.29, 1.82) is 0 Å². The predicted molar refractivity (Wildman–Crippen MR) is 81.6 cm³/mol. The summed E-state index contributed by atoms with van der Waals surface area (Å²) in [4.78, 5) is 0. The molecule has 0 aromatic heterocycles. The van der Waals surface area contributed by atoms with Crippen LogP contribution in [0.4, 0.5) is 17.6 Å². The van der Waals surface area contributed by atoms with Gasteiger partial charge in [-0.05, 0) is 42.4 Å². The van der Waals surface area contributed by atoms with E-state index in [0.29, 0.717) is 11.1 Å². The molecule has 0 spiro atoms. The van der Waals surface area contributed by atoms with Crippen molar-refractivity contribution < 1.29 is 17.6 Å². The van der Waals surface area contributed by atoms with Crippen LogP contribution in [-0.2, 0) is 6.18 Å². The average molecular weight is 347 g/mol. The van der Waals surface area contributed by atoms with Gasteiger partial charge in [-0.3, -0.25) is 0 Å². The smallest absolute Gasteiger partial charge is 0.322 e. The summed E-state index contributed by atoms with van der Waals surface area (Å²) in [5.74, 6) is -0.595. The highest BCUT2D eigenvalue weighted by Gasteiger charge is 2.30. The third kappa shape index (κ3) is 4.02. The Morgan fingerprint density at radius 3 is 2.09 bits per heavy atom. The van der Waals surface area contributed by atoms with Crippen molar-refractivity contribution in [2.24, 2.45) is 5.73 Å². The number of nitrogens with two attached hydrogens (primary N) is 1. The number of benzene rings is 2. The van der Waals surface area contributed by atoms with Gasteiger partial charge in [-0.15, -0.1) is 0 Å². The lowest BCUT2D eigenvalue weighted by Gasteiger charge is -2.25. The van der Waals surface area contributed by atoms with Crippen molar-refractivity contribution in [3.63, 3.8) is 0 Å². The van der Waals surface area contributed by atoms with Crippen LogP contribution in [0.2, 0.25) is 5.02 Å². The topological polar surface area (TPSA) is 38.0 Å². The molecular weight excluding hydrogens is 332 g/mol. The summed E-state index contributed by atoms with van der Waals surface area (Å²) >= 11 is 5.64. The van der Waals surface area contributed by atoms with E-state index in [4.69, 9.17) is 17.3 Å². The molecule has 7 heteroatoms. The number of hydrogen-bond acceptors (Lipinski definition) is 2. The number of rotatable bonds is 4. The zero-order valence-electron chi connectivity index (χ0n) is 12.2. The Morgan fingerprint density at radius 1 is 1.04 bits per heavy atom. The Labute approximate surface area is 136 Å². The first kappa shape index (κ1) is 17.7. The fraction of sp³-hybridized carbons (Fsp3) is 0.250. The van der Waals surface area contributed by atoms with Gasteiger partial charge in [-0.1, -0.05) is 29.8 Å². The summed E-state index contributed by atoms with van der Waals surface area (Å²) in [6, 6.07) is 7.79. The van der Waals surface area contributed by atoms with Crippen LogP contribution in [0.15, 0.2) is 42.5 Å². The fourth-order valence-electron chi connectivity index (χ4n) is 2.35. The van der Waals surface area contributed by atoms with E-state index in [1.807, 2.05) is 0 Å². The molecule has 0 saturated carbocycles. The lowest BCUT2D eigenvalue weighted by atomic mass is 9.93. The summed E-state index contributed by atoms with van der Waals surface area (Å²) in [7, 11) is 1.63. The molecule has 0 aliphatic carbocycles. The Hall–Kier alpha value is -1.63. The number of halogens is 5. The van der Waals surface area contributed by atoms with Crippen LogP contribution in [0, 0.1) is 5.82 Å². The van der Waals surface area contributed by atoms with Gasteiger partial charge in [0.05, 0.1) is 16.6 Å². The maximum Gasteiger partial charge on any atom is 0.416 e. The van der Waals surface area contributed by atoms with Crippen LogP contribution in [0.5, 0.6) is 0 Å². The zero-order chi connectivity index (χ0) is 17.2. The predicted octanol–water partition coefficient (Wildman–Crippen LogP) is 4.46. The molecule has 0 radical (unpaired) electrons. The number of nitrogens with one attached hydrogen (secondary N) is 1. The van der Waals surface area contributed by atoms with E-state index in [0.717, 1.165) is 12.1 Å². The molecule has 23 heavy (non-hydrogen) atoms. The van der Waals surface area contributed by atoms with Gasteiger partial charge in [0.25, 0.3) is 0 Å². The number of hydrogen-bond donors (Lipinski definition) is 2. The van der Waals surface area contributed by atoms with Gasteiger partial charge in [0, 0.05) is 6.04 Å². The molecule has 0 fully saturated rings. The monoisotopic (exact) mass is 346 g/mol. The maximum atomic E-state index is 13.6. The van der Waals surface area contributed by atoms with E-state index in [-0.39, 0.29) is 5.02 Å². The third-order valence-corrected chi connectivity index (χ3v) is 3.90. The molecule has 1 unspecified atom stereocenters. The van der Waals surface area contributed by atoms with E-state index in [9.17, 15) is 17.6 Å². The maximum absolute atomic E-state index is 13.6. The summed E-state index contributed by atoms with van der Waals surface area (Å²) < 4.78 is 51.4. The standard InChI is InChI=1S/C16H15ClF4N2/c1-23-15(9-2-5-11(6-3-9)16(19,20)21)14(22)10-4-7-12(17)13(18)8-10/h2-8,14-15,23H,22H2,1H3/t14-,15?/m1/s1. The largest absolute Gasteiger partial charge is 0.416 e. The third-order valence-electron chi connectivity index (χ3n) is 3.60. The lowest BCUT2D eigenvalue weighted by molar-refractivity contribution is -0.137. The van der Waals surface area contributed by atoms with Gasteiger partial charge in [0.1, 0.15) is 5.82 Å². The van der Waals surface area contributed by atoms with Crippen LogP contribution in [-0.4, -0.2) is 7.05 Å². The molecule has 0 heterocycles. The van der Waals surface area contributed by atoms with E-state index in [1.54, 1.807) is 13.1 Å². The molecule has 2 rings (SSSR count). The van der Waals surface area contributed by atoms with Crippen molar-refractivity contribution in [2.75, 3.05) is 7.05 Å². The minimum absolute atomic E-state index is 0.0171. The highest BCUT2D eigenvalue weighted by Crippen LogP contribution is 2.32. The van der Waals surface area contributed by atoms with Crippen molar-refractivity contribution >= 4 is 11.6 Å². The molecule has 2 aromatic rings. The van der Waals surface area contributed by atoms with Gasteiger partial charge in [-0.2, -0.15) is 13.2 Å². The normalized spacial score (nSPS) is 14.6. The lowest BCUT2D eigenvalue weighted by Crippen LogP contribution is -2.29. The van der Waals surface area contributed by atoms with Gasteiger partial charge in [-0.25, -0.2) is 4.39 Å². The molecule has 0 amide bonds. The quantitative estimate of drug-likeness (QED) is 0.802. The molecular formula is C16H15ClF4N2. The Morgan fingerprint density at radius 2 is 1.61 bits per heavy atom. The zero-order valence-corrected chi connectivity index (χ0v) is 12.9. The molecule has 2 nitrogen and oxygen atoms in total. The Bertz CT molecular complexity index is 671. The number of alkyl halides is 3. The van der Waals surface area contributed by atoms with Gasteiger partial charge < -0.3 is 11.1 Å². The van der Waals surface area contributed by atoms with Gasteiger partial charge in [0.15, 0.2) is 0 Å². The van der Waals surface area contributed by atoms with Crippen molar-refractivity contribution in [1.82, 2.24) is 5.32 Å². The number of likely N-dealkylation sites (N-methyl/N-ethyl adjacent to an activating group) is 1. The molecule has 2 atom stereocenters. The molecule has 0 bridgehead atoms. The second-order valence-electron chi connectivity index (χ2n) is 5.09. The fourth-order valence-corrected chi connectivity index (χ4v) is 2.46. The van der Waals surface area contributed by atoms with E-state index in [1.165, 1.54) is 24.3 Å². The van der Waals surface area contributed by atoms with Gasteiger partial charge in [0.2, 0.25) is 0 Å². The van der Waals surface area contributed by atoms with E-state index in [2.05, 4.69) is 5.32 Å². The molecule has 0 aliphatic heterocycles. The molecule has 3 N–H and O–H groups in total. The SMILES string of the molecule is CNC(c1ccc(C(F)(F)F)cc1)[C@H](N)c1ccc(Cl)c(F)c1.